The Morgan fingerprint density at radius 1 is 1.41 bits per heavy atom. The predicted octanol–water partition coefficient (Wildman–Crippen LogP) is 1.25. The minimum Gasteiger partial charge on any atom is -0.381 e. The van der Waals surface area contributed by atoms with Crippen molar-refractivity contribution in [3.63, 3.8) is 0 Å². The van der Waals surface area contributed by atoms with Gasteiger partial charge in [0, 0.05) is 38.9 Å². The third-order valence-electron chi connectivity index (χ3n) is 3.09. The van der Waals surface area contributed by atoms with Crippen molar-refractivity contribution in [3.05, 3.63) is 23.3 Å². The number of rotatable bonds is 3. The largest absolute Gasteiger partial charge is 0.381 e. The molecule has 92 valence electrons. The maximum absolute atomic E-state index is 10.8. The Bertz CT molecular complexity index is 414. The molecule has 0 atom stereocenters. The number of aromatic nitrogens is 2. The maximum atomic E-state index is 10.8. The van der Waals surface area contributed by atoms with Crippen LogP contribution < -0.4 is 0 Å². The highest BCUT2D eigenvalue weighted by atomic mass is 16.5. The lowest BCUT2D eigenvalue weighted by Gasteiger charge is -2.34. The summed E-state index contributed by atoms with van der Waals surface area (Å²) in [5.41, 5.74) is 0.664. The summed E-state index contributed by atoms with van der Waals surface area (Å²) in [6, 6.07) is 1.67. The van der Waals surface area contributed by atoms with Crippen LogP contribution >= 0.6 is 0 Å². The fraction of sp³-hybridized carbons (Fsp3) is 0.583. The molecule has 1 aromatic heterocycles. The van der Waals surface area contributed by atoms with E-state index in [-0.39, 0.29) is 0 Å². The Kier molecular flexibility index (Phi) is 3.49. The van der Waals surface area contributed by atoms with Crippen LogP contribution in [0.3, 0.4) is 0 Å². The monoisotopic (exact) mass is 236 g/mol. The normalized spacial score (nSPS) is 18.9. The van der Waals surface area contributed by atoms with Crippen molar-refractivity contribution >= 4 is 6.29 Å². The number of hydrogen-bond acceptors (Lipinski definition) is 5. The van der Waals surface area contributed by atoms with Gasteiger partial charge in [0.2, 0.25) is 0 Å². The minimum absolute atomic E-state index is 0.399. The van der Waals surface area contributed by atoms with E-state index in [0.29, 0.717) is 37.6 Å². The molecule has 0 bridgehead atoms. The first-order chi connectivity index (χ1) is 8.20. The number of carbonyl (C=O) groups excluding carboxylic acids is 1. The molecule has 0 spiro atoms. The summed E-state index contributed by atoms with van der Waals surface area (Å²) >= 11 is 0. The fourth-order valence-electron chi connectivity index (χ4n) is 2.08. The van der Waals surface area contributed by atoms with E-state index >= 15 is 0 Å². The summed E-state index contributed by atoms with van der Waals surface area (Å²) < 4.78 is 10.9. The summed E-state index contributed by atoms with van der Waals surface area (Å²) in [7, 11) is 1.65. The maximum Gasteiger partial charge on any atom is 0.168 e. The zero-order valence-corrected chi connectivity index (χ0v) is 10.1. The molecule has 17 heavy (non-hydrogen) atoms. The lowest BCUT2D eigenvalue weighted by molar-refractivity contribution is -0.100. The molecule has 0 radical (unpaired) electrons. The quantitative estimate of drug-likeness (QED) is 0.739. The number of methoxy groups -OCH3 is 1. The topological polar surface area (TPSA) is 61.3 Å². The van der Waals surface area contributed by atoms with Crippen LogP contribution in [0.15, 0.2) is 6.07 Å². The van der Waals surface area contributed by atoms with Crippen LogP contribution in [0, 0.1) is 6.92 Å². The van der Waals surface area contributed by atoms with Gasteiger partial charge >= 0.3 is 0 Å². The zero-order valence-electron chi connectivity index (χ0n) is 10.1. The van der Waals surface area contributed by atoms with Gasteiger partial charge in [-0.3, -0.25) is 4.79 Å². The Balaban J connectivity index is 2.42. The second-order valence-corrected chi connectivity index (χ2v) is 4.19. The Hall–Kier alpha value is -1.33. The van der Waals surface area contributed by atoms with Crippen LogP contribution in [0.1, 0.15) is 34.8 Å². The van der Waals surface area contributed by atoms with Crippen molar-refractivity contribution in [2.75, 3.05) is 20.3 Å². The summed E-state index contributed by atoms with van der Waals surface area (Å²) in [5, 5.41) is 0. The zero-order chi connectivity index (χ0) is 12.3. The summed E-state index contributed by atoms with van der Waals surface area (Å²) in [6.45, 7) is 3.10. The Labute approximate surface area is 100 Å². The van der Waals surface area contributed by atoms with Gasteiger partial charge < -0.3 is 9.47 Å². The molecule has 1 fully saturated rings. The summed E-state index contributed by atoms with van der Waals surface area (Å²) in [5.74, 6) is 0.588. The number of ether oxygens (including phenoxy) is 2. The van der Waals surface area contributed by atoms with E-state index < -0.39 is 5.60 Å². The molecule has 5 nitrogen and oxygen atoms in total. The number of hydrogen-bond donors (Lipinski definition) is 0. The standard InChI is InChI=1S/C12H16N2O3/c1-9-7-10(8-15)14-11(13-9)12(16-2)3-5-17-6-4-12/h7-8H,3-6H2,1-2H3. The van der Waals surface area contributed by atoms with Crippen LogP contribution in [0.4, 0.5) is 0 Å². The molecule has 1 saturated heterocycles. The van der Waals surface area contributed by atoms with E-state index in [4.69, 9.17) is 9.47 Å². The molecule has 1 aromatic rings. The van der Waals surface area contributed by atoms with Crippen molar-refractivity contribution in [3.8, 4) is 0 Å². The van der Waals surface area contributed by atoms with Crippen molar-refractivity contribution in [2.45, 2.75) is 25.4 Å². The van der Waals surface area contributed by atoms with E-state index in [2.05, 4.69) is 9.97 Å². The second kappa shape index (κ2) is 4.89. The number of aryl methyl sites for hydroxylation is 1. The first-order valence-corrected chi connectivity index (χ1v) is 5.64. The van der Waals surface area contributed by atoms with Crippen molar-refractivity contribution < 1.29 is 14.3 Å². The Morgan fingerprint density at radius 3 is 2.71 bits per heavy atom. The van der Waals surface area contributed by atoms with E-state index in [9.17, 15) is 4.79 Å². The Morgan fingerprint density at radius 2 is 2.12 bits per heavy atom. The van der Waals surface area contributed by atoms with Crippen LogP contribution in [-0.4, -0.2) is 36.6 Å². The molecular formula is C12H16N2O3. The van der Waals surface area contributed by atoms with Crippen LogP contribution in [0.2, 0.25) is 0 Å². The summed E-state index contributed by atoms with van der Waals surface area (Å²) in [4.78, 5) is 19.5. The molecule has 1 aliphatic heterocycles. The van der Waals surface area contributed by atoms with Crippen molar-refractivity contribution in [1.82, 2.24) is 9.97 Å². The van der Waals surface area contributed by atoms with Gasteiger partial charge in [-0.1, -0.05) is 0 Å². The van der Waals surface area contributed by atoms with Gasteiger partial charge in [-0.05, 0) is 13.0 Å². The van der Waals surface area contributed by atoms with Crippen LogP contribution in [0.25, 0.3) is 0 Å². The number of aldehydes is 1. The third-order valence-corrected chi connectivity index (χ3v) is 3.09. The molecule has 5 heteroatoms. The van der Waals surface area contributed by atoms with E-state index in [1.165, 1.54) is 0 Å². The van der Waals surface area contributed by atoms with Gasteiger partial charge in [-0.25, -0.2) is 9.97 Å². The van der Waals surface area contributed by atoms with Gasteiger partial charge in [0.1, 0.15) is 11.3 Å². The summed E-state index contributed by atoms with van der Waals surface area (Å²) in [6.07, 6.45) is 2.16. The average molecular weight is 236 g/mol. The van der Waals surface area contributed by atoms with Gasteiger partial charge in [-0.15, -0.1) is 0 Å². The minimum atomic E-state index is -0.512. The smallest absolute Gasteiger partial charge is 0.168 e. The van der Waals surface area contributed by atoms with E-state index in [1.807, 2.05) is 6.92 Å². The van der Waals surface area contributed by atoms with Gasteiger partial charge in [0.05, 0.1) is 0 Å². The molecule has 0 aliphatic carbocycles. The third kappa shape index (κ3) is 2.35. The molecule has 0 aromatic carbocycles. The lowest BCUT2D eigenvalue weighted by Crippen LogP contribution is -2.37. The molecule has 1 aliphatic rings. The van der Waals surface area contributed by atoms with Crippen molar-refractivity contribution in [1.29, 1.82) is 0 Å². The fourth-order valence-corrected chi connectivity index (χ4v) is 2.08. The molecule has 0 unspecified atom stereocenters. The van der Waals surface area contributed by atoms with E-state index in [1.54, 1.807) is 13.2 Å². The first kappa shape index (κ1) is 12.1. The second-order valence-electron chi connectivity index (χ2n) is 4.19. The molecule has 2 heterocycles. The molecule has 0 saturated carbocycles. The van der Waals surface area contributed by atoms with Gasteiger partial charge in [0.25, 0.3) is 0 Å². The molecule has 0 N–H and O–H groups in total. The highest BCUT2D eigenvalue weighted by molar-refractivity contribution is 5.71. The lowest BCUT2D eigenvalue weighted by atomic mass is 9.93. The highest BCUT2D eigenvalue weighted by Crippen LogP contribution is 2.33. The SMILES string of the molecule is COC1(c2nc(C)cc(C=O)n2)CCOCC1. The average Bonchev–Trinajstić information content (AvgIpc) is 2.38. The van der Waals surface area contributed by atoms with Gasteiger partial charge in [0.15, 0.2) is 12.1 Å². The van der Waals surface area contributed by atoms with Crippen molar-refractivity contribution in [2.24, 2.45) is 0 Å². The number of nitrogens with zero attached hydrogens (tertiary/aromatic N) is 2. The molecule has 2 rings (SSSR count). The first-order valence-electron chi connectivity index (χ1n) is 5.64. The molecule has 0 amide bonds. The molecular weight excluding hydrogens is 220 g/mol. The highest BCUT2D eigenvalue weighted by Gasteiger charge is 2.37. The number of carbonyl (C=O) groups is 1. The predicted molar refractivity (Wildman–Crippen MR) is 60.9 cm³/mol. The van der Waals surface area contributed by atoms with E-state index in [0.717, 1.165) is 12.0 Å². The van der Waals surface area contributed by atoms with Crippen LogP contribution in [0.5, 0.6) is 0 Å². The van der Waals surface area contributed by atoms with Crippen LogP contribution in [-0.2, 0) is 15.1 Å². The van der Waals surface area contributed by atoms with Gasteiger partial charge in [-0.2, -0.15) is 0 Å².